The predicted molar refractivity (Wildman–Crippen MR) is 86.9 cm³/mol. The Labute approximate surface area is 129 Å². The summed E-state index contributed by atoms with van der Waals surface area (Å²) < 4.78 is 0.989. The van der Waals surface area contributed by atoms with Gasteiger partial charge in [-0.15, -0.1) is 0 Å². The van der Waals surface area contributed by atoms with Gasteiger partial charge in [-0.05, 0) is 62.4 Å². The third-order valence-corrected chi connectivity index (χ3v) is 4.61. The summed E-state index contributed by atoms with van der Waals surface area (Å²) in [6.45, 7) is 6.36. The standard InChI is InChI=1S/C16H23BrN2O/c1-11-5-6-14(17)9-15(11)19-16(20)8-12(2)13-4-3-7-18-10-13/h5-6,9,12-13,18H,3-4,7-8,10H2,1-2H3,(H,19,20). The largest absolute Gasteiger partial charge is 0.326 e. The van der Waals surface area contributed by atoms with E-state index in [0.717, 1.165) is 28.8 Å². The summed E-state index contributed by atoms with van der Waals surface area (Å²) in [6, 6.07) is 5.95. The Hall–Kier alpha value is -0.870. The first-order chi connectivity index (χ1) is 9.56. The average Bonchev–Trinajstić information content (AvgIpc) is 2.43. The first-order valence-electron chi connectivity index (χ1n) is 7.33. The van der Waals surface area contributed by atoms with Crippen LogP contribution < -0.4 is 10.6 Å². The monoisotopic (exact) mass is 338 g/mol. The molecule has 1 aromatic rings. The van der Waals surface area contributed by atoms with Crippen LogP contribution in [0, 0.1) is 18.8 Å². The van der Waals surface area contributed by atoms with Gasteiger partial charge in [0.25, 0.3) is 0 Å². The van der Waals surface area contributed by atoms with Crippen LogP contribution >= 0.6 is 15.9 Å². The number of carbonyl (C=O) groups is 1. The van der Waals surface area contributed by atoms with Crippen molar-refractivity contribution < 1.29 is 4.79 Å². The molecule has 20 heavy (non-hydrogen) atoms. The van der Waals surface area contributed by atoms with Gasteiger partial charge in [0, 0.05) is 16.6 Å². The van der Waals surface area contributed by atoms with Gasteiger partial charge < -0.3 is 10.6 Å². The smallest absolute Gasteiger partial charge is 0.224 e. The fraction of sp³-hybridized carbons (Fsp3) is 0.562. The maximum Gasteiger partial charge on any atom is 0.224 e. The molecule has 0 spiro atoms. The third kappa shape index (κ3) is 4.32. The van der Waals surface area contributed by atoms with E-state index in [0.29, 0.717) is 18.3 Å². The number of carbonyl (C=O) groups excluding carboxylic acids is 1. The number of amides is 1. The number of halogens is 1. The highest BCUT2D eigenvalue weighted by Crippen LogP contribution is 2.24. The molecule has 0 aromatic heterocycles. The molecular formula is C16H23BrN2O. The first kappa shape index (κ1) is 15.5. The predicted octanol–water partition coefficient (Wildman–Crippen LogP) is 3.72. The number of aryl methyl sites for hydroxylation is 1. The van der Waals surface area contributed by atoms with Crippen molar-refractivity contribution in [2.45, 2.75) is 33.1 Å². The summed E-state index contributed by atoms with van der Waals surface area (Å²) in [5.41, 5.74) is 1.99. The van der Waals surface area contributed by atoms with Gasteiger partial charge >= 0.3 is 0 Å². The maximum absolute atomic E-state index is 12.2. The third-order valence-electron chi connectivity index (χ3n) is 4.12. The van der Waals surface area contributed by atoms with Gasteiger partial charge in [-0.25, -0.2) is 0 Å². The van der Waals surface area contributed by atoms with Crippen LogP contribution in [0.15, 0.2) is 22.7 Å². The topological polar surface area (TPSA) is 41.1 Å². The lowest BCUT2D eigenvalue weighted by atomic mass is 9.85. The van der Waals surface area contributed by atoms with Crippen LogP contribution in [0.4, 0.5) is 5.69 Å². The van der Waals surface area contributed by atoms with Gasteiger partial charge in [0.1, 0.15) is 0 Å². The zero-order valence-corrected chi connectivity index (χ0v) is 13.8. The number of hydrogen-bond acceptors (Lipinski definition) is 2. The van der Waals surface area contributed by atoms with Crippen molar-refractivity contribution in [2.75, 3.05) is 18.4 Å². The molecule has 0 saturated carbocycles. The molecule has 4 heteroatoms. The second-order valence-corrected chi connectivity index (χ2v) is 6.71. The molecule has 2 unspecified atom stereocenters. The Bertz CT molecular complexity index is 470. The van der Waals surface area contributed by atoms with Gasteiger partial charge in [-0.2, -0.15) is 0 Å². The van der Waals surface area contributed by atoms with E-state index in [1.807, 2.05) is 25.1 Å². The Kier molecular flexibility index (Phi) is 5.61. The van der Waals surface area contributed by atoms with Crippen LogP contribution in [0.5, 0.6) is 0 Å². The van der Waals surface area contributed by atoms with E-state index in [-0.39, 0.29) is 5.91 Å². The molecule has 1 aliphatic heterocycles. The lowest BCUT2D eigenvalue weighted by Crippen LogP contribution is -2.34. The van der Waals surface area contributed by atoms with Crippen molar-refractivity contribution in [2.24, 2.45) is 11.8 Å². The van der Waals surface area contributed by atoms with Gasteiger partial charge in [0.15, 0.2) is 0 Å². The molecule has 1 aromatic carbocycles. The minimum atomic E-state index is 0.115. The van der Waals surface area contributed by atoms with Crippen LogP contribution in [-0.2, 0) is 4.79 Å². The molecular weight excluding hydrogens is 316 g/mol. The molecule has 1 heterocycles. The van der Waals surface area contributed by atoms with Crippen molar-refractivity contribution in [1.82, 2.24) is 5.32 Å². The van der Waals surface area contributed by atoms with Crippen LogP contribution in [0.2, 0.25) is 0 Å². The lowest BCUT2D eigenvalue weighted by molar-refractivity contribution is -0.117. The molecule has 2 rings (SSSR count). The van der Waals surface area contributed by atoms with Gasteiger partial charge in [0.05, 0.1) is 0 Å². The van der Waals surface area contributed by atoms with E-state index in [2.05, 4.69) is 33.5 Å². The molecule has 0 aliphatic carbocycles. The molecule has 110 valence electrons. The van der Waals surface area contributed by atoms with E-state index in [9.17, 15) is 4.79 Å². The molecule has 1 fully saturated rings. The summed E-state index contributed by atoms with van der Waals surface area (Å²) in [4.78, 5) is 12.2. The van der Waals surface area contributed by atoms with Crippen LogP contribution in [0.25, 0.3) is 0 Å². The number of nitrogens with one attached hydrogen (secondary N) is 2. The molecule has 1 amide bonds. The van der Waals surface area contributed by atoms with Crippen LogP contribution in [0.1, 0.15) is 31.7 Å². The summed E-state index contributed by atoms with van der Waals surface area (Å²) in [6.07, 6.45) is 3.05. The number of piperidine rings is 1. The zero-order valence-electron chi connectivity index (χ0n) is 12.2. The summed E-state index contributed by atoms with van der Waals surface area (Å²) in [5.74, 6) is 1.16. The second kappa shape index (κ2) is 7.23. The second-order valence-electron chi connectivity index (χ2n) is 5.80. The summed E-state index contributed by atoms with van der Waals surface area (Å²) >= 11 is 3.44. The quantitative estimate of drug-likeness (QED) is 0.878. The fourth-order valence-electron chi connectivity index (χ4n) is 2.75. The highest BCUT2D eigenvalue weighted by Gasteiger charge is 2.22. The number of rotatable bonds is 4. The molecule has 0 radical (unpaired) electrons. The van der Waals surface area contributed by atoms with Crippen LogP contribution in [-0.4, -0.2) is 19.0 Å². The number of hydrogen-bond donors (Lipinski definition) is 2. The van der Waals surface area contributed by atoms with E-state index in [1.54, 1.807) is 0 Å². The van der Waals surface area contributed by atoms with E-state index >= 15 is 0 Å². The van der Waals surface area contributed by atoms with E-state index in [4.69, 9.17) is 0 Å². The van der Waals surface area contributed by atoms with Crippen molar-refractivity contribution in [3.8, 4) is 0 Å². The molecule has 1 aliphatic rings. The van der Waals surface area contributed by atoms with Crippen LogP contribution in [0.3, 0.4) is 0 Å². The first-order valence-corrected chi connectivity index (χ1v) is 8.12. The lowest BCUT2D eigenvalue weighted by Gasteiger charge is -2.28. The normalized spacial score (nSPS) is 20.4. The highest BCUT2D eigenvalue weighted by atomic mass is 79.9. The van der Waals surface area contributed by atoms with Crippen molar-refractivity contribution >= 4 is 27.5 Å². The minimum absolute atomic E-state index is 0.115. The zero-order chi connectivity index (χ0) is 14.5. The molecule has 2 atom stereocenters. The van der Waals surface area contributed by atoms with E-state index < -0.39 is 0 Å². The van der Waals surface area contributed by atoms with Gasteiger partial charge in [0.2, 0.25) is 5.91 Å². The van der Waals surface area contributed by atoms with Crippen molar-refractivity contribution in [3.63, 3.8) is 0 Å². The van der Waals surface area contributed by atoms with Crippen molar-refractivity contribution in [3.05, 3.63) is 28.2 Å². The van der Waals surface area contributed by atoms with Crippen molar-refractivity contribution in [1.29, 1.82) is 0 Å². The fourth-order valence-corrected chi connectivity index (χ4v) is 3.11. The average molecular weight is 339 g/mol. The van der Waals surface area contributed by atoms with E-state index in [1.165, 1.54) is 12.8 Å². The molecule has 1 saturated heterocycles. The van der Waals surface area contributed by atoms with Gasteiger partial charge in [-0.3, -0.25) is 4.79 Å². The molecule has 3 nitrogen and oxygen atoms in total. The number of benzene rings is 1. The Balaban J connectivity index is 1.89. The highest BCUT2D eigenvalue weighted by molar-refractivity contribution is 9.10. The maximum atomic E-state index is 12.2. The molecule has 2 N–H and O–H groups in total. The summed E-state index contributed by atoms with van der Waals surface area (Å²) in [7, 11) is 0. The number of anilines is 1. The SMILES string of the molecule is Cc1ccc(Br)cc1NC(=O)CC(C)C1CCCNC1. The van der Waals surface area contributed by atoms with Gasteiger partial charge in [-0.1, -0.05) is 28.9 Å². The minimum Gasteiger partial charge on any atom is -0.326 e. The summed E-state index contributed by atoms with van der Waals surface area (Å²) in [5, 5.41) is 6.45. The Morgan fingerprint density at radius 3 is 3.05 bits per heavy atom. The molecule has 0 bridgehead atoms. The Morgan fingerprint density at radius 1 is 1.55 bits per heavy atom. The Morgan fingerprint density at radius 2 is 2.35 bits per heavy atom.